The first kappa shape index (κ1) is 16.7. The van der Waals surface area contributed by atoms with Crippen LogP contribution >= 0.6 is 12.2 Å². The summed E-state index contributed by atoms with van der Waals surface area (Å²) in [6.45, 7) is 1.75. The Morgan fingerprint density at radius 2 is 2.30 bits per heavy atom. The van der Waals surface area contributed by atoms with E-state index in [0.29, 0.717) is 22.7 Å². The Morgan fingerprint density at radius 3 is 2.96 bits per heavy atom. The number of benzene rings is 1. The van der Waals surface area contributed by atoms with Gasteiger partial charge in [0, 0.05) is 6.42 Å². The Bertz CT molecular complexity index is 781. The fourth-order valence-corrected chi connectivity index (χ4v) is 2.03. The van der Waals surface area contributed by atoms with Gasteiger partial charge in [-0.15, -0.1) is 0 Å². The molecule has 0 spiro atoms. The van der Waals surface area contributed by atoms with E-state index in [-0.39, 0.29) is 6.61 Å². The van der Waals surface area contributed by atoms with Crippen LogP contribution in [0.15, 0.2) is 23.3 Å². The molecule has 3 N–H and O–H groups in total. The van der Waals surface area contributed by atoms with E-state index in [1.807, 2.05) is 6.92 Å². The van der Waals surface area contributed by atoms with Crippen LogP contribution in [-0.2, 0) is 11.2 Å². The predicted octanol–water partition coefficient (Wildman–Crippen LogP) is 1.26. The number of primary amides is 1. The lowest BCUT2D eigenvalue weighted by atomic mass is 10.2. The van der Waals surface area contributed by atoms with E-state index < -0.39 is 5.91 Å². The second-order valence-electron chi connectivity index (χ2n) is 4.52. The molecule has 1 amide bonds. The topological polar surface area (TPSA) is 108 Å². The lowest BCUT2D eigenvalue weighted by molar-refractivity contribution is -0.119. The van der Waals surface area contributed by atoms with E-state index in [4.69, 9.17) is 27.4 Å². The number of nitrogens with two attached hydrogens (primary N) is 1. The van der Waals surface area contributed by atoms with E-state index in [9.17, 15) is 4.79 Å². The van der Waals surface area contributed by atoms with Crippen molar-refractivity contribution < 1.29 is 14.3 Å². The van der Waals surface area contributed by atoms with Crippen molar-refractivity contribution >= 4 is 24.3 Å². The highest BCUT2D eigenvalue weighted by Crippen LogP contribution is 2.27. The summed E-state index contributed by atoms with van der Waals surface area (Å²) in [5, 5.41) is 11.1. The minimum absolute atomic E-state index is 0.214. The van der Waals surface area contributed by atoms with Crippen molar-refractivity contribution in [3.63, 3.8) is 0 Å². The first-order valence-corrected chi connectivity index (χ1v) is 7.25. The van der Waals surface area contributed by atoms with Gasteiger partial charge in [0.05, 0.1) is 13.3 Å². The van der Waals surface area contributed by atoms with Crippen LogP contribution in [0.5, 0.6) is 11.5 Å². The van der Waals surface area contributed by atoms with Gasteiger partial charge in [0.2, 0.25) is 4.77 Å². The zero-order valence-corrected chi connectivity index (χ0v) is 13.6. The number of nitrogens with zero attached hydrogens (tertiary/aromatic N) is 3. The van der Waals surface area contributed by atoms with Gasteiger partial charge in [0.15, 0.2) is 23.9 Å². The first-order chi connectivity index (χ1) is 11.0. The summed E-state index contributed by atoms with van der Waals surface area (Å²) >= 11 is 5.13. The molecule has 0 bridgehead atoms. The highest BCUT2D eigenvalue weighted by atomic mass is 32.1. The second kappa shape index (κ2) is 7.54. The number of H-pyrrole nitrogens is 1. The van der Waals surface area contributed by atoms with Gasteiger partial charge in [0.1, 0.15) is 0 Å². The van der Waals surface area contributed by atoms with Crippen molar-refractivity contribution in [1.29, 1.82) is 0 Å². The molecule has 1 aromatic heterocycles. The van der Waals surface area contributed by atoms with E-state index >= 15 is 0 Å². The van der Waals surface area contributed by atoms with E-state index in [1.165, 1.54) is 7.11 Å². The van der Waals surface area contributed by atoms with Crippen LogP contribution < -0.4 is 15.2 Å². The minimum atomic E-state index is -0.556. The number of amides is 1. The average molecular weight is 335 g/mol. The summed E-state index contributed by atoms with van der Waals surface area (Å²) in [4.78, 5) is 10.8. The van der Waals surface area contributed by atoms with Gasteiger partial charge in [-0.05, 0) is 36.0 Å². The summed E-state index contributed by atoms with van der Waals surface area (Å²) in [5.74, 6) is 1.08. The number of aromatic amines is 1. The monoisotopic (exact) mass is 335 g/mol. The van der Waals surface area contributed by atoms with E-state index in [0.717, 1.165) is 11.4 Å². The highest BCUT2D eigenvalue weighted by molar-refractivity contribution is 7.71. The maximum atomic E-state index is 10.8. The van der Waals surface area contributed by atoms with Gasteiger partial charge in [-0.25, -0.2) is 0 Å². The van der Waals surface area contributed by atoms with Gasteiger partial charge < -0.3 is 15.2 Å². The third-order valence-electron chi connectivity index (χ3n) is 2.91. The zero-order chi connectivity index (χ0) is 16.8. The van der Waals surface area contributed by atoms with Gasteiger partial charge in [-0.1, -0.05) is 6.92 Å². The Morgan fingerprint density at radius 1 is 1.52 bits per heavy atom. The number of hydrogen-bond donors (Lipinski definition) is 2. The summed E-state index contributed by atoms with van der Waals surface area (Å²) in [7, 11) is 1.51. The smallest absolute Gasteiger partial charge is 0.255 e. The number of aromatic nitrogens is 3. The predicted molar refractivity (Wildman–Crippen MR) is 87.5 cm³/mol. The molecular formula is C14H17N5O3S. The van der Waals surface area contributed by atoms with Gasteiger partial charge >= 0.3 is 0 Å². The highest BCUT2D eigenvalue weighted by Gasteiger charge is 2.07. The number of carbonyl (C=O) groups is 1. The SMILES string of the molecule is CCc1n[nH]c(=S)n1/N=C/c1ccc(OCC(N)=O)c(OC)c1. The number of ether oxygens (including phenoxy) is 2. The van der Waals surface area contributed by atoms with Crippen molar-refractivity contribution in [3.05, 3.63) is 34.4 Å². The molecule has 0 atom stereocenters. The van der Waals surface area contributed by atoms with Crippen molar-refractivity contribution in [2.45, 2.75) is 13.3 Å². The Hall–Kier alpha value is -2.68. The van der Waals surface area contributed by atoms with Crippen molar-refractivity contribution in [2.75, 3.05) is 13.7 Å². The summed E-state index contributed by atoms with van der Waals surface area (Å²) < 4.78 is 12.5. The van der Waals surface area contributed by atoms with Crippen LogP contribution in [0.25, 0.3) is 0 Å². The number of rotatable bonds is 7. The molecule has 1 heterocycles. The molecule has 0 aliphatic heterocycles. The first-order valence-electron chi connectivity index (χ1n) is 6.85. The molecule has 23 heavy (non-hydrogen) atoms. The molecule has 0 radical (unpaired) electrons. The van der Waals surface area contributed by atoms with Crippen LogP contribution in [0.3, 0.4) is 0 Å². The summed E-state index contributed by atoms with van der Waals surface area (Å²) in [6, 6.07) is 5.19. The Kier molecular flexibility index (Phi) is 5.47. The van der Waals surface area contributed by atoms with Gasteiger partial charge in [-0.2, -0.15) is 14.9 Å². The second-order valence-corrected chi connectivity index (χ2v) is 4.91. The van der Waals surface area contributed by atoms with E-state index in [2.05, 4.69) is 15.3 Å². The van der Waals surface area contributed by atoms with E-state index in [1.54, 1.807) is 29.1 Å². The minimum Gasteiger partial charge on any atom is -0.493 e. The van der Waals surface area contributed by atoms with Crippen LogP contribution in [0.1, 0.15) is 18.3 Å². The Balaban J connectivity index is 2.23. The number of carbonyl (C=O) groups excluding carboxylic acids is 1. The molecule has 0 aliphatic rings. The molecule has 2 rings (SSSR count). The molecule has 8 nitrogen and oxygen atoms in total. The molecule has 9 heteroatoms. The zero-order valence-electron chi connectivity index (χ0n) is 12.8. The maximum Gasteiger partial charge on any atom is 0.255 e. The molecule has 0 saturated carbocycles. The maximum absolute atomic E-state index is 10.8. The van der Waals surface area contributed by atoms with Crippen molar-refractivity contribution in [3.8, 4) is 11.5 Å². The van der Waals surface area contributed by atoms with Crippen LogP contribution in [-0.4, -0.2) is 40.7 Å². The standard InChI is InChI=1S/C14H17N5O3S/c1-3-13-17-18-14(23)19(13)16-7-9-4-5-10(11(6-9)21-2)22-8-12(15)20/h4-7H,3,8H2,1-2H3,(H2,15,20)(H,18,23)/b16-7+. The van der Waals surface area contributed by atoms with Crippen molar-refractivity contribution in [1.82, 2.24) is 14.9 Å². The van der Waals surface area contributed by atoms with Crippen molar-refractivity contribution in [2.24, 2.45) is 10.8 Å². The summed E-state index contributed by atoms with van der Waals surface area (Å²) in [5.41, 5.74) is 5.83. The molecule has 1 aromatic carbocycles. The quantitative estimate of drug-likeness (QED) is 0.585. The third-order valence-corrected chi connectivity index (χ3v) is 3.18. The molecule has 2 aromatic rings. The lowest BCUT2D eigenvalue weighted by Gasteiger charge is -2.09. The molecule has 122 valence electrons. The lowest BCUT2D eigenvalue weighted by Crippen LogP contribution is -2.20. The summed E-state index contributed by atoms with van der Waals surface area (Å²) in [6.07, 6.45) is 2.33. The fourth-order valence-electron chi connectivity index (χ4n) is 1.83. The Labute approximate surface area is 137 Å². The molecule has 0 fully saturated rings. The van der Waals surface area contributed by atoms with Crippen LogP contribution in [0.2, 0.25) is 0 Å². The number of aryl methyl sites for hydroxylation is 1. The molecule has 0 unspecified atom stereocenters. The van der Waals surface area contributed by atoms with Gasteiger partial charge in [0.25, 0.3) is 5.91 Å². The van der Waals surface area contributed by atoms with Crippen LogP contribution in [0, 0.1) is 4.77 Å². The van der Waals surface area contributed by atoms with Crippen LogP contribution in [0.4, 0.5) is 0 Å². The fraction of sp³-hybridized carbons (Fsp3) is 0.286. The molecule has 0 saturated heterocycles. The normalized spacial score (nSPS) is 10.9. The number of nitrogens with one attached hydrogen (secondary N) is 1. The number of hydrogen-bond acceptors (Lipinski definition) is 6. The molecular weight excluding hydrogens is 318 g/mol. The third kappa shape index (κ3) is 4.16. The molecule has 0 aliphatic carbocycles. The largest absolute Gasteiger partial charge is 0.493 e. The number of methoxy groups -OCH3 is 1. The van der Waals surface area contributed by atoms with Gasteiger partial charge in [-0.3, -0.25) is 9.89 Å². The average Bonchev–Trinajstić information content (AvgIpc) is 2.91.